The summed E-state index contributed by atoms with van der Waals surface area (Å²) in [6.45, 7) is 2.98. The third-order valence-electron chi connectivity index (χ3n) is 4.66. The number of imidazole rings is 1. The Kier molecular flexibility index (Phi) is 4.89. The van der Waals surface area contributed by atoms with E-state index in [1.165, 1.54) is 13.0 Å². The Morgan fingerprint density at radius 2 is 1.90 bits per heavy atom. The Bertz CT molecular complexity index is 1180. The van der Waals surface area contributed by atoms with Crippen molar-refractivity contribution in [3.63, 3.8) is 0 Å². The minimum absolute atomic E-state index is 0.179. The molecule has 3 aromatic rings. The molecular formula is C21H15ClF3N3O2. The second-order valence-corrected chi connectivity index (χ2v) is 7.15. The van der Waals surface area contributed by atoms with Gasteiger partial charge in [-0.15, -0.1) is 0 Å². The number of carbonyl (C=O) groups is 1. The van der Waals surface area contributed by atoms with Crippen molar-refractivity contribution >= 4 is 23.3 Å². The molecule has 2 aromatic carbocycles. The van der Waals surface area contributed by atoms with Crippen LogP contribution in [0.4, 0.5) is 13.2 Å². The molecule has 0 saturated carbocycles. The highest BCUT2D eigenvalue weighted by molar-refractivity contribution is 6.35. The standard InChI is InChI=1S/C21H15ClF3N3O2/c1-11-10-26-19-20(30-12(2)29)27-18(14-5-3-4-6-16(14)22)15-9-13(21(23,24)25)7-8-17(15)28(11)19/h3-10,20H,1-2H3. The van der Waals surface area contributed by atoms with E-state index in [0.29, 0.717) is 22.0 Å². The molecule has 5 nitrogen and oxygen atoms in total. The van der Waals surface area contributed by atoms with Crippen molar-refractivity contribution in [1.29, 1.82) is 0 Å². The largest absolute Gasteiger partial charge is 0.432 e. The number of aromatic nitrogens is 2. The average Bonchev–Trinajstić information content (AvgIpc) is 2.99. The number of hydrogen-bond donors (Lipinski definition) is 0. The van der Waals surface area contributed by atoms with E-state index in [9.17, 15) is 18.0 Å². The maximum Gasteiger partial charge on any atom is 0.416 e. The molecule has 4 rings (SSSR count). The molecule has 2 heterocycles. The molecule has 0 N–H and O–H groups in total. The van der Waals surface area contributed by atoms with Crippen LogP contribution >= 0.6 is 11.6 Å². The summed E-state index contributed by atoms with van der Waals surface area (Å²) in [5, 5.41) is 0.303. The minimum Gasteiger partial charge on any atom is -0.432 e. The van der Waals surface area contributed by atoms with Gasteiger partial charge in [0.2, 0.25) is 0 Å². The summed E-state index contributed by atoms with van der Waals surface area (Å²) in [7, 11) is 0. The number of halogens is 4. The quantitative estimate of drug-likeness (QED) is 0.518. The predicted octanol–water partition coefficient (Wildman–Crippen LogP) is 5.27. The van der Waals surface area contributed by atoms with Crippen molar-refractivity contribution in [1.82, 2.24) is 9.55 Å². The van der Waals surface area contributed by atoms with Crippen LogP contribution in [0, 0.1) is 6.92 Å². The van der Waals surface area contributed by atoms with Crippen LogP contribution in [-0.4, -0.2) is 21.2 Å². The first kappa shape index (κ1) is 20.2. The lowest BCUT2D eigenvalue weighted by molar-refractivity contribution is -0.146. The summed E-state index contributed by atoms with van der Waals surface area (Å²) >= 11 is 6.34. The summed E-state index contributed by atoms with van der Waals surface area (Å²) < 4.78 is 47.4. The van der Waals surface area contributed by atoms with Gasteiger partial charge in [-0.2, -0.15) is 13.2 Å². The van der Waals surface area contributed by atoms with Crippen LogP contribution in [0.15, 0.2) is 53.7 Å². The monoisotopic (exact) mass is 433 g/mol. The summed E-state index contributed by atoms with van der Waals surface area (Å²) in [6.07, 6.45) is -4.15. The average molecular weight is 434 g/mol. The van der Waals surface area contributed by atoms with Crippen LogP contribution < -0.4 is 0 Å². The molecular weight excluding hydrogens is 419 g/mol. The first-order valence-electron chi connectivity index (χ1n) is 8.93. The number of nitrogens with zero attached hydrogens (tertiary/aromatic N) is 3. The molecule has 1 atom stereocenters. The molecule has 30 heavy (non-hydrogen) atoms. The summed E-state index contributed by atoms with van der Waals surface area (Å²) in [6, 6.07) is 10.1. The number of carbonyl (C=O) groups excluding carboxylic acids is 1. The molecule has 1 aromatic heterocycles. The van der Waals surface area contributed by atoms with Gasteiger partial charge in [-0.1, -0.05) is 29.8 Å². The highest BCUT2D eigenvalue weighted by Crippen LogP contribution is 2.37. The fraction of sp³-hybridized carbons (Fsp3) is 0.190. The van der Waals surface area contributed by atoms with Crippen LogP contribution in [0.2, 0.25) is 5.02 Å². The highest BCUT2D eigenvalue weighted by atomic mass is 35.5. The van der Waals surface area contributed by atoms with Crippen LogP contribution in [0.1, 0.15) is 41.4 Å². The van der Waals surface area contributed by atoms with Gasteiger partial charge in [-0.05, 0) is 31.2 Å². The second kappa shape index (κ2) is 7.28. The first-order valence-corrected chi connectivity index (χ1v) is 9.31. The molecule has 0 bridgehead atoms. The zero-order valence-electron chi connectivity index (χ0n) is 15.9. The van der Waals surface area contributed by atoms with Gasteiger partial charge in [-0.25, -0.2) is 9.98 Å². The Hall–Kier alpha value is -3.13. The van der Waals surface area contributed by atoms with Crippen molar-refractivity contribution in [3.8, 4) is 5.69 Å². The Morgan fingerprint density at radius 3 is 2.57 bits per heavy atom. The van der Waals surface area contributed by atoms with E-state index in [4.69, 9.17) is 16.3 Å². The third kappa shape index (κ3) is 3.47. The van der Waals surface area contributed by atoms with E-state index in [1.807, 2.05) is 0 Å². The third-order valence-corrected chi connectivity index (χ3v) is 4.99. The van der Waals surface area contributed by atoms with Crippen molar-refractivity contribution in [3.05, 3.63) is 81.9 Å². The minimum atomic E-state index is -4.55. The molecule has 1 aliphatic heterocycles. The lowest BCUT2D eigenvalue weighted by Gasteiger charge is -2.16. The number of benzene rings is 2. The fourth-order valence-electron chi connectivity index (χ4n) is 3.39. The molecule has 0 aliphatic carbocycles. The number of aliphatic imine (C=N–C) groups is 1. The maximum absolute atomic E-state index is 13.5. The van der Waals surface area contributed by atoms with Crippen molar-refractivity contribution in [2.24, 2.45) is 4.99 Å². The Labute approximate surface area is 174 Å². The number of hydrogen-bond acceptors (Lipinski definition) is 4. The lowest BCUT2D eigenvalue weighted by Crippen LogP contribution is -2.12. The molecule has 1 aliphatic rings. The first-order chi connectivity index (χ1) is 14.2. The van der Waals surface area contributed by atoms with Crippen LogP contribution in [0.3, 0.4) is 0 Å². The normalized spacial score (nSPS) is 15.7. The highest BCUT2D eigenvalue weighted by Gasteiger charge is 2.34. The number of rotatable bonds is 2. The van der Waals surface area contributed by atoms with Gasteiger partial charge in [0.25, 0.3) is 6.23 Å². The van der Waals surface area contributed by atoms with Gasteiger partial charge in [0, 0.05) is 35.0 Å². The molecule has 1 unspecified atom stereocenters. The number of fused-ring (bicyclic) bond motifs is 3. The Morgan fingerprint density at radius 1 is 1.17 bits per heavy atom. The van der Waals surface area contributed by atoms with Gasteiger partial charge in [0.1, 0.15) is 0 Å². The zero-order valence-corrected chi connectivity index (χ0v) is 16.6. The van der Waals surface area contributed by atoms with E-state index in [0.717, 1.165) is 12.1 Å². The molecule has 0 amide bonds. The van der Waals surface area contributed by atoms with E-state index in [1.54, 1.807) is 42.0 Å². The van der Waals surface area contributed by atoms with Gasteiger partial charge < -0.3 is 4.74 Å². The number of ether oxygens (including phenoxy) is 1. The molecule has 154 valence electrons. The molecule has 0 saturated heterocycles. The molecule has 0 radical (unpaired) electrons. The van der Waals surface area contributed by atoms with E-state index < -0.39 is 23.9 Å². The van der Waals surface area contributed by atoms with E-state index >= 15 is 0 Å². The predicted molar refractivity (Wildman–Crippen MR) is 105 cm³/mol. The number of aryl methyl sites for hydroxylation is 1. The van der Waals surface area contributed by atoms with E-state index in [2.05, 4.69) is 9.98 Å². The van der Waals surface area contributed by atoms with Gasteiger partial charge in [0.05, 0.1) is 17.0 Å². The lowest BCUT2D eigenvalue weighted by atomic mass is 9.98. The van der Waals surface area contributed by atoms with Crippen LogP contribution in [0.25, 0.3) is 5.69 Å². The SMILES string of the molecule is CC(=O)OC1N=C(c2ccccc2Cl)c2cc(C(F)(F)F)ccc2-n2c(C)cnc21. The van der Waals surface area contributed by atoms with Crippen molar-refractivity contribution in [2.45, 2.75) is 26.3 Å². The molecule has 9 heteroatoms. The van der Waals surface area contributed by atoms with Crippen molar-refractivity contribution in [2.75, 3.05) is 0 Å². The summed E-state index contributed by atoms with van der Waals surface area (Å²) in [5.74, 6) is -0.317. The van der Waals surface area contributed by atoms with Crippen LogP contribution in [0.5, 0.6) is 0 Å². The number of alkyl halides is 3. The van der Waals surface area contributed by atoms with Gasteiger partial charge in [0.15, 0.2) is 5.82 Å². The summed E-state index contributed by atoms with van der Waals surface area (Å²) in [4.78, 5) is 20.5. The van der Waals surface area contributed by atoms with Gasteiger partial charge in [-0.3, -0.25) is 9.36 Å². The Balaban J connectivity index is 2.07. The zero-order chi connectivity index (χ0) is 21.6. The second-order valence-electron chi connectivity index (χ2n) is 6.74. The van der Waals surface area contributed by atoms with Gasteiger partial charge >= 0.3 is 12.1 Å². The van der Waals surface area contributed by atoms with E-state index in [-0.39, 0.29) is 17.1 Å². The smallest absolute Gasteiger partial charge is 0.416 e. The van der Waals surface area contributed by atoms with Crippen LogP contribution in [-0.2, 0) is 15.7 Å². The molecule has 0 fully saturated rings. The molecule has 0 spiro atoms. The summed E-state index contributed by atoms with van der Waals surface area (Å²) in [5.41, 5.74) is 1.06. The maximum atomic E-state index is 13.5. The fourth-order valence-corrected chi connectivity index (χ4v) is 3.61. The topological polar surface area (TPSA) is 56.5 Å². The number of esters is 1. The van der Waals surface area contributed by atoms with Crippen molar-refractivity contribution < 1.29 is 22.7 Å².